The van der Waals surface area contributed by atoms with E-state index in [1.54, 1.807) is 24.1 Å². The number of nitrogens with zero attached hydrogens (tertiary/aromatic N) is 3. The maximum Gasteiger partial charge on any atom is 0.364 e. The van der Waals surface area contributed by atoms with Gasteiger partial charge in [-0.1, -0.05) is 25.3 Å². The molecule has 0 radical (unpaired) electrons. The van der Waals surface area contributed by atoms with Crippen molar-refractivity contribution in [2.75, 3.05) is 25.5 Å². The van der Waals surface area contributed by atoms with Crippen molar-refractivity contribution in [1.82, 2.24) is 25.4 Å². The third-order valence-corrected chi connectivity index (χ3v) is 10.4. The van der Waals surface area contributed by atoms with Crippen molar-refractivity contribution in [3.8, 4) is 6.07 Å². The number of alkyl halides is 2. The number of fused-ring (bicyclic) bond motifs is 1. The molecule has 2 atom stereocenters. The van der Waals surface area contributed by atoms with Gasteiger partial charge in [0.15, 0.2) is 0 Å². The van der Waals surface area contributed by atoms with E-state index in [0.717, 1.165) is 53.9 Å². The number of hydrogen-bond acceptors (Lipinski definition) is 5. The molecule has 1 spiro atoms. The Labute approximate surface area is 266 Å². The molecule has 1 unspecified atom stereocenters. The minimum Gasteiger partial charge on any atom is -0.357 e. The number of carbonyl (C=O) groups excluding carboxylic acids is 4. The Hall–Kier alpha value is -4.47. The molecule has 6 rings (SSSR count). The van der Waals surface area contributed by atoms with Crippen LogP contribution in [0.25, 0.3) is 0 Å². The predicted octanol–water partition coefficient (Wildman–Crippen LogP) is 3.08. The summed E-state index contributed by atoms with van der Waals surface area (Å²) in [5.41, 5.74) is 0.295. The minimum absolute atomic E-state index is 0.00352. The van der Waals surface area contributed by atoms with Gasteiger partial charge in [0.1, 0.15) is 23.3 Å². The summed E-state index contributed by atoms with van der Waals surface area (Å²) in [7, 11) is 2.84. The van der Waals surface area contributed by atoms with E-state index < -0.39 is 35.0 Å². The van der Waals surface area contributed by atoms with Gasteiger partial charge in [-0.3, -0.25) is 14.4 Å². The molecule has 4 aliphatic rings. The van der Waals surface area contributed by atoms with Gasteiger partial charge in [0.2, 0.25) is 11.8 Å². The molecule has 13 heteroatoms. The second-order valence-electron chi connectivity index (χ2n) is 13.4. The van der Waals surface area contributed by atoms with Crippen molar-refractivity contribution in [3.63, 3.8) is 0 Å². The van der Waals surface area contributed by atoms with E-state index in [2.05, 4.69) is 21.3 Å². The molecule has 2 saturated carbocycles. The van der Waals surface area contributed by atoms with Crippen LogP contribution in [0.15, 0.2) is 30.3 Å². The van der Waals surface area contributed by atoms with Crippen molar-refractivity contribution in [3.05, 3.63) is 52.8 Å². The Balaban J connectivity index is 1.22. The molecule has 1 aromatic carbocycles. The van der Waals surface area contributed by atoms with E-state index in [9.17, 15) is 24.4 Å². The second-order valence-corrected chi connectivity index (χ2v) is 13.4. The third-order valence-electron chi connectivity index (χ3n) is 10.4. The number of anilines is 1. The SMILES string of the molecule is CNC(=O)C1(N2CC3(CC3)CNC2=O)Cc2ccc(NC(=O)[C@@H](NC(=O)C(F)(F)c3ccc(C#N)n3C)C3CCCCC3)cc2C1. The molecule has 0 bridgehead atoms. The van der Waals surface area contributed by atoms with Crippen molar-refractivity contribution < 1.29 is 28.0 Å². The fourth-order valence-corrected chi connectivity index (χ4v) is 7.49. The highest BCUT2D eigenvalue weighted by molar-refractivity contribution is 5.99. The van der Waals surface area contributed by atoms with Crippen molar-refractivity contribution >= 4 is 29.4 Å². The first kappa shape index (κ1) is 31.5. The molecular formula is C33H39F2N7O4. The zero-order valence-corrected chi connectivity index (χ0v) is 26.1. The van der Waals surface area contributed by atoms with Gasteiger partial charge >= 0.3 is 12.0 Å². The van der Waals surface area contributed by atoms with E-state index in [-0.39, 0.29) is 35.4 Å². The van der Waals surface area contributed by atoms with Crippen molar-refractivity contribution in [2.45, 2.75) is 75.3 Å². The fraction of sp³-hybridized carbons (Fsp3) is 0.545. The maximum absolute atomic E-state index is 15.4. The summed E-state index contributed by atoms with van der Waals surface area (Å²) >= 11 is 0. The lowest BCUT2D eigenvalue weighted by Crippen LogP contribution is -2.67. The first-order valence-electron chi connectivity index (χ1n) is 15.9. The molecule has 2 aromatic rings. The van der Waals surface area contributed by atoms with Crippen molar-refractivity contribution in [1.29, 1.82) is 5.26 Å². The zero-order chi connectivity index (χ0) is 32.9. The van der Waals surface area contributed by atoms with Crippen LogP contribution in [0, 0.1) is 22.7 Å². The van der Waals surface area contributed by atoms with E-state index in [1.807, 2.05) is 12.1 Å². The quantitative estimate of drug-likeness (QED) is 0.352. The predicted molar refractivity (Wildman–Crippen MR) is 164 cm³/mol. The lowest BCUT2D eigenvalue weighted by molar-refractivity contribution is -0.150. The summed E-state index contributed by atoms with van der Waals surface area (Å²) < 4.78 is 31.7. The van der Waals surface area contributed by atoms with Gasteiger partial charge in [0.25, 0.3) is 5.91 Å². The van der Waals surface area contributed by atoms with E-state index in [4.69, 9.17) is 0 Å². The van der Waals surface area contributed by atoms with Crippen LogP contribution in [0.4, 0.5) is 19.3 Å². The number of halogens is 2. The molecule has 4 N–H and O–H groups in total. The van der Waals surface area contributed by atoms with Crippen LogP contribution in [0.5, 0.6) is 0 Å². The number of carbonyl (C=O) groups is 4. The molecule has 3 aliphatic carbocycles. The van der Waals surface area contributed by atoms with Crippen LogP contribution in [-0.4, -0.2) is 64.9 Å². The highest BCUT2D eigenvalue weighted by Gasteiger charge is 2.57. The summed E-state index contributed by atoms with van der Waals surface area (Å²) in [6.07, 6.45) is 6.36. The van der Waals surface area contributed by atoms with Gasteiger partial charge in [0.05, 0.1) is 5.69 Å². The Morgan fingerprint density at radius 3 is 2.46 bits per heavy atom. The summed E-state index contributed by atoms with van der Waals surface area (Å²) in [5.74, 6) is -6.79. The number of urea groups is 1. The average molecular weight is 636 g/mol. The lowest BCUT2D eigenvalue weighted by atomic mass is 9.83. The van der Waals surface area contributed by atoms with Gasteiger partial charge < -0.3 is 30.7 Å². The molecule has 3 fully saturated rings. The number of amides is 5. The maximum atomic E-state index is 15.4. The van der Waals surface area contributed by atoms with Crippen molar-refractivity contribution in [2.24, 2.45) is 18.4 Å². The normalized spacial score (nSPS) is 22.8. The van der Waals surface area contributed by atoms with Crippen LogP contribution >= 0.6 is 0 Å². The number of nitrogens with one attached hydrogen (secondary N) is 4. The molecule has 2 heterocycles. The lowest BCUT2D eigenvalue weighted by Gasteiger charge is -2.44. The Bertz CT molecular complexity index is 1620. The molecule has 11 nitrogen and oxygen atoms in total. The molecule has 46 heavy (non-hydrogen) atoms. The zero-order valence-electron chi connectivity index (χ0n) is 26.1. The Morgan fingerprint density at radius 1 is 1.09 bits per heavy atom. The highest BCUT2D eigenvalue weighted by Crippen LogP contribution is 2.49. The van der Waals surface area contributed by atoms with E-state index >= 15 is 8.78 Å². The second kappa shape index (κ2) is 11.7. The number of hydrogen-bond donors (Lipinski definition) is 4. The summed E-state index contributed by atoms with van der Waals surface area (Å²) in [6, 6.07) is 7.85. The first-order valence-corrected chi connectivity index (χ1v) is 15.9. The number of rotatable bonds is 8. The third kappa shape index (κ3) is 5.48. The van der Waals surface area contributed by atoms with Gasteiger partial charge in [-0.2, -0.15) is 14.0 Å². The number of likely N-dealkylation sites (N-methyl/N-ethyl adjacent to an activating group) is 1. The first-order chi connectivity index (χ1) is 21.9. The average Bonchev–Trinajstić information content (AvgIpc) is 3.51. The van der Waals surface area contributed by atoms with Gasteiger partial charge in [-0.15, -0.1) is 0 Å². The molecule has 244 valence electrons. The smallest absolute Gasteiger partial charge is 0.357 e. The Morgan fingerprint density at radius 2 is 1.80 bits per heavy atom. The summed E-state index contributed by atoms with van der Waals surface area (Å²) in [5, 5.41) is 20.1. The minimum atomic E-state index is -3.98. The van der Waals surface area contributed by atoms with Gasteiger partial charge in [-0.25, -0.2) is 4.79 Å². The molecular weight excluding hydrogens is 596 g/mol. The topological polar surface area (TPSA) is 148 Å². The van der Waals surface area contributed by atoms with Crippen LogP contribution in [0.3, 0.4) is 0 Å². The summed E-state index contributed by atoms with van der Waals surface area (Å²) in [6.45, 7) is 1.10. The molecule has 1 saturated heterocycles. The van der Waals surface area contributed by atoms with E-state index in [1.165, 1.54) is 13.1 Å². The highest BCUT2D eigenvalue weighted by atomic mass is 19.3. The van der Waals surface area contributed by atoms with Crippen LogP contribution in [0.1, 0.15) is 67.5 Å². The van der Waals surface area contributed by atoms with E-state index in [0.29, 0.717) is 38.0 Å². The molecule has 1 aromatic heterocycles. The molecule has 5 amide bonds. The number of aromatic nitrogens is 1. The number of nitriles is 1. The van der Waals surface area contributed by atoms with Crippen LogP contribution < -0.4 is 21.3 Å². The monoisotopic (exact) mass is 635 g/mol. The largest absolute Gasteiger partial charge is 0.364 e. The molecule has 1 aliphatic heterocycles. The Kier molecular flexibility index (Phi) is 8.02. The number of benzene rings is 1. The van der Waals surface area contributed by atoms with Crippen LogP contribution in [0.2, 0.25) is 0 Å². The van der Waals surface area contributed by atoms with Gasteiger partial charge in [-0.05, 0) is 67.0 Å². The summed E-state index contributed by atoms with van der Waals surface area (Å²) in [4.78, 5) is 54.9. The van der Waals surface area contributed by atoms with Gasteiger partial charge in [0, 0.05) is 51.1 Å². The van der Waals surface area contributed by atoms with Crippen LogP contribution in [-0.2, 0) is 40.2 Å². The fourth-order valence-electron chi connectivity index (χ4n) is 7.49. The standard InChI is InChI=1S/C33H39F2N7O4/c1-37-28(44)32(42-19-31(12-13-31)18-38-30(42)46)15-21-8-9-23(14-22(21)16-32)39-27(43)26(20-6-4-3-5-7-20)40-29(45)33(34,35)25-11-10-24(17-36)41(25)2/h8-11,14,20,26H,3-7,12-13,15-16,18-19H2,1-2H3,(H,37,44)(H,38,46)(H,39,43)(H,40,45)/t26-,32?/m0/s1.